The first-order valence-corrected chi connectivity index (χ1v) is 15.6. The van der Waals surface area contributed by atoms with Crippen molar-refractivity contribution < 1.29 is 4.42 Å². The van der Waals surface area contributed by atoms with E-state index in [9.17, 15) is 0 Å². The molecule has 10 rings (SSSR count). The minimum Gasteiger partial charge on any atom is -0.455 e. The molecule has 4 heterocycles. The van der Waals surface area contributed by atoms with Crippen LogP contribution >= 0.6 is 23.2 Å². The van der Waals surface area contributed by atoms with Gasteiger partial charge in [0.05, 0.1) is 16.4 Å². The third kappa shape index (κ3) is 2.97. The van der Waals surface area contributed by atoms with E-state index < -0.39 is 0 Å². The van der Waals surface area contributed by atoms with E-state index in [2.05, 4.69) is 120 Å². The molecule has 0 saturated heterocycles. The third-order valence-corrected chi connectivity index (χ3v) is 11.4. The second-order valence-corrected chi connectivity index (χ2v) is 13.4. The smallest absolute Gasteiger partial charge is 0.318 e. The van der Waals surface area contributed by atoms with Gasteiger partial charge in [0.1, 0.15) is 11.2 Å². The van der Waals surface area contributed by atoms with Gasteiger partial charge in [-0.3, -0.25) is 0 Å². The SMILES string of the molecule is c1ccc2c(c1)SB1Sc3ccccc3-c3cc(-n4c5ccccc5c5c6oc7ccccc7c6ccc54)cc-2c31. The lowest BCUT2D eigenvalue weighted by molar-refractivity contribution is 0.673. The monoisotopic (exact) mass is 557 g/mol. The third-order valence-electron chi connectivity index (χ3n) is 8.66. The zero-order valence-corrected chi connectivity index (χ0v) is 23.4. The van der Waals surface area contributed by atoms with Crippen LogP contribution < -0.4 is 5.46 Å². The van der Waals surface area contributed by atoms with Gasteiger partial charge < -0.3 is 8.98 Å². The first kappa shape index (κ1) is 22.4. The maximum absolute atomic E-state index is 6.56. The van der Waals surface area contributed by atoms with Crippen molar-refractivity contribution in [1.82, 2.24) is 4.57 Å². The van der Waals surface area contributed by atoms with Crippen LogP contribution in [0.5, 0.6) is 0 Å². The largest absolute Gasteiger partial charge is 0.455 e. The van der Waals surface area contributed by atoms with E-state index >= 15 is 0 Å². The standard InChI is InChI=1S/C36H20BNOS2/c1-5-13-29-26(12-1)34-30(18-17-25-22-9-2-6-14-31(22)39-36(25)34)38(29)21-19-27-23-10-3-7-15-32(23)40-37-35(27)28(20-21)24-11-4-8-16-33(24)41-37/h1-20H. The second-order valence-electron chi connectivity index (χ2n) is 10.8. The summed E-state index contributed by atoms with van der Waals surface area (Å²) in [4.78, 5) is 2.71. The van der Waals surface area contributed by atoms with Crippen molar-refractivity contribution in [2.24, 2.45) is 0 Å². The Labute approximate surface area is 244 Å². The van der Waals surface area contributed by atoms with Crippen molar-refractivity contribution in [3.05, 3.63) is 121 Å². The molecule has 0 aliphatic carbocycles. The number of rotatable bonds is 1. The fraction of sp³-hybridized carbons (Fsp3) is 0. The predicted octanol–water partition coefficient (Wildman–Crippen LogP) is 9.92. The van der Waals surface area contributed by atoms with Gasteiger partial charge in [-0.2, -0.15) is 23.2 Å². The van der Waals surface area contributed by atoms with Crippen molar-refractivity contribution in [3.63, 3.8) is 0 Å². The summed E-state index contributed by atoms with van der Waals surface area (Å²) < 4.78 is 9.00. The van der Waals surface area contributed by atoms with Gasteiger partial charge in [-0.05, 0) is 76.2 Å². The van der Waals surface area contributed by atoms with Crippen molar-refractivity contribution in [1.29, 1.82) is 0 Å². The molecule has 5 heteroatoms. The van der Waals surface area contributed by atoms with Gasteiger partial charge in [0, 0.05) is 31.6 Å². The number of benzene rings is 6. The van der Waals surface area contributed by atoms with Crippen LogP contribution in [0.3, 0.4) is 0 Å². The summed E-state index contributed by atoms with van der Waals surface area (Å²) in [5.41, 5.74) is 12.2. The van der Waals surface area contributed by atoms with E-state index in [-0.39, 0.29) is 0 Å². The van der Waals surface area contributed by atoms with Gasteiger partial charge in [-0.25, -0.2) is 0 Å². The molecule has 0 radical (unpaired) electrons. The molecule has 8 aromatic rings. The summed E-state index contributed by atoms with van der Waals surface area (Å²) in [6.07, 6.45) is 0. The average molecular weight is 558 g/mol. The first-order chi connectivity index (χ1) is 20.3. The minimum absolute atomic E-state index is 0.340. The lowest BCUT2D eigenvalue weighted by atomic mass is 9.77. The Hall–Kier alpha value is -4.32. The Morgan fingerprint density at radius 3 is 1.93 bits per heavy atom. The summed E-state index contributed by atoms with van der Waals surface area (Å²) in [5.74, 6) is 0. The Morgan fingerprint density at radius 2 is 1.17 bits per heavy atom. The minimum atomic E-state index is 0.340. The van der Waals surface area contributed by atoms with Crippen LogP contribution in [-0.2, 0) is 0 Å². The number of hydrogen-bond acceptors (Lipinski definition) is 3. The van der Waals surface area contributed by atoms with E-state index in [1.165, 1.54) is 65.0 Å². The number of nitrogens with zero attached hydrogens (tertiary/aromatic N) is 1. The number of para-hydroxylation sites is 2. The number of aromatic nitrogens is 1. The molecule has 2 aliphatic heterocycles. The van der Waals surface area contributed by atoms with Crippen LogP contribution in [0.2, 0.25) is 0 Å². The van der Waals surface area contributed by atoms with Crippen molar-refractivity contribution in [2.45, 2.75) is 9.79 Å². The van der Waals surface area contributed by atoms with Crippen LogP contribution in [0.4, 0.5) is 0 Å². The van der Waals surface area contributed by atoms with Crippen LogP contribution in [0.1, 0.15) is 0 Å². The van der Waals surface area contributed by atoms with Crippen LogP contribution in [0.15, 0.2) is 136 Å². The van der Waals surface area contributed by atoms with Crippen LogP contribution in [0.25, 0.3) is 71.7 Å². The maximum Gasteiger partial charge on any atom is 0.318 e. The van der Waals surface area contributed by atoms with Crippen molar-refractivity contribution >= 4 is 77.7 Å². The number of fused-ring (bicyclic) bond motifs is 11. The highest BCUT2D eigenvalue weighted by atomic mass is 32.2. The molecule has 0 saturated carbocycles. The van der Waals surface area contributed by atoms with Gasteiger partial charge in [0.25, 0.3) is 0 Å². The quantitative estimate of drug-likeness (QED) is 0.187. The van der Waals surface area contributed by atoms with E-state index in [0.29, 0.717) is 5.27 Å². The van der Waals surface area contributed by atoms with Crippen LogP contribution in [0, 0.1) is 0 Å². The normalized spacial score (nSPS) is 13.6. The predicted molar refractivity (Wildman–Crippen MR) is 176 cm³/mol. The lowest BCUT2D eigenvalue weighted by Gasteiger charge is -2.32. The molecule has 41 heavy (non-hydrogen) atoms. The van der Waals surface area contributed by atoms with E-state index in [1.54, 1.807) is 0 Å². The lowest BCUT2D eigenvalue weighted by Crippen LogP contribution is -2.33. The molecule has 2 aliphatic rings. The fourth-order valence-electron chi connectivity index (χ4n) is 6.94. The molecule has 2 aromatic heterocycles. The van der Waals surface area contributed by atoms with Crippen molar-refractivity contribution in [2.75, 3.05) is 0 Å². The highest BCUT2D eigenvalue weighted by Crippen LogP contribution is 2.50. The molecular weight excluding hydrogens is 537 g/mol. The molecule has 6 aromatic carbocycles. The Bertz CT molecular complexity index is 2330. The molecule has 0 unspecified atom stereocenters. The van der Waals surface area contributed by atoms with Gasteiger partial charge in [0.2, 0.25) is 0 Å². The van der Waals surface area contributed by atoms with E-state index in [1.807, 2.05) is 29.3 Å². The summed E-state index contributed by atoms with van der Waals surface area (Å²) in [5, 5.41) is 5.05. The molecule has 2 nitrogen and oxygen atoms in total. The molecule has 0 bridgehead atoms. The molecule has 0 N–H and O–H groups in total. The fourth-order valence-corrected chi connectivity index (χ4v) is 9.88. The first-order valence-electron chi connectivity index (χ1n) is 13.9. The molecule has 0 atom stereocenters. The Kier molecular flexibility index (Phi) is 4.44. The summed E-state index contributed by atoms with van der Waals surface area (Å²) in [6, 6.07) is 44.2. The topological polar surface area (TPSA) is 18.1 Å². The van der Waals surface area contributed by atoms with Crippen LogP contribution in [-0.4, -0.2) is 9.84 Å². The Morgan fingerprint density at radius 1 is 0.537 bits per heavy atom. The molecule has 0 amide bonds. The zero-order chi connectivity index (χ0) is 26.7. The summed E-state index contributed by atoms with van der Waals surface area (Å²) in [6.45, 7) is 0. The summed E-state index contributed by atoms with van der Waals surface area (Å²) in [7, 11) is 0. The van der Waals surface area contributed by atoms with Crippen molar-refractivity contribution in [3.8, 4) is 27.9 Å². The van der Waals surface area contributed by atoms with Gasteiger partial charge >= 0.3 is 5.27 Å². The molecule has 0 spiro atoms. The number of furan rings is 1. The Balaban J connectivity index is 1.35. The van der Waals surface area contributed by atoms with Gasteiger partial charge in [-0.1, -0.05) is 72.8 Å². The molecular formula is C36H20BNOS2. The molecule has 0 fully saturated rings. The van der Waals surface area contributed by atoms with Gasteiger partial charge in [-0.15, -0.1) is 0 Å². The molecule has 190 valence electrons. The van der Waals surface area contributed by atoms with E-state index in [4.69, 9.17) is 4.42 Å². The second kappa shape index (κ2) is 8.13. The summed E-state index contributed by atoms with van der Waals surface area (Å²) >= 11 is 3.97. The highest BCUT2D eigenvalue weighted by molar-refractivity contribution is 8.56. The number of hydrogen-bond donors (Lipinski definition) is 0. The van der Waals surface area contributed by atoms with E-state index in [0.717, 1.165) is 21.9 Å². The van der Waals surface area contributed by atoms with Gasteiger partial charge in [0.15, 0.2) is 0 Å². The highest BCUT2D eigenvalue weighted by Gasteiger charge is 2.37. The maximum atomic E-state index is 6.56. The average Bonchev–Trinajstić information content (AvgIpc) is 3.57. The zero-order valence-electron chi connectivity index (χ0n) is 21.8.